The number of carboxylic acids is 1. The van der Waals surface area contributed by atoms with Crippen LogP contribution in [0.4, 0.5) is 5.69 Å². The molecular weight excluding hydrogens is 394 g/mol. The molecule has 0 spiro atoms. The predicted octanol–water partition coefficient (Wildman–Crippen LogP) is 5.43. The highest BCUT2D eigenvalue weighted by atomic mass is 35.5. The van der Waals surface area contributed by atoms with Gasteiger partial charge in [0.15, 0.2) is 0 Å². The Morgan fingerprint density at radius 2 is 1.82 bits per heavy atom. The molecule has 0 saturated heterocycles. The van der Waals surface area contributed by atoms with Gasteiger partial charge < -0.3 is 10.4 Å². The lowest BCUT2D eigenvalue weighted by molar-refractivity contribution is -0.119. The highest BCUT2D eigenvalue weighted by Crippen LogP contribution is 2.37. The predicted molar refractivity (Wildman–Crippen MR) is 112 cm³/mol. The molecule has 1 atom stereocenters. The van der Waals surface area contributed by atoms with Crippen LogP contribution in [0.2, 0.25) is 5.02 Å². The summed E-state index contributed by atoms with van der Waals surface area (Å²) in [7, 11) is 0. The molecule has 142 valence electrons. The molecule has 1 aliphatic rings. The van der Waals surface area contributed by atoms with E-state index in [9.17, 15) is 14.7 Å². The smallest absolute Gasteiger partial charge is 0.339 e. The maximum Gasteiger partial charge on any atom is 0.339 e. The third-order valence-electron chi connectivity index (χ3n) is 5.03. The van der Waals surface area contributed by atoms with E-state index in [0.29, 0.717) is 28.4 Å². The zero-order valence-electron chi connectivity index (χ0n) is 15.2. The minimum Gasteiger partial charge on any atom is -0.478 e. The van der Waals surface area contributed by atoms with Crippen molar-refractivity contribution in [3.8, 4) is 10.4 Å². The fourth-order valence-corrected chi connectivity index (χ4v) is 4.77. The first kappa shape index (κ1) is 18.7. The van der Waals surface area contributed by atoms with Gasteiger partial charge in [-0.15, -0.1) is 11.3 Å². The number of carbonyl (C=O) groups is 2. The summed E-state index contributed by atoms with van der Waals surface area (Å²) in [5.41, 5.74) is 4.79. The van der Waals surface area contributed by atoms with Gasteiger partial charge in [0, 0.05) is 16.3 Å². The summed E-state index contributed by atoms with van der Waals surface area (Å²) < 4.78 is 0. The van der Waals surface area contributed by atoms with Crippen LogP contribution in [-0.2, 0) is 17.6 Å². The Kier molecular flexibility index (Phi) is 4.96. The summed E-state index contributed by atoms with van der Waals surface area (Å²) in [5.74, 6) is -1.39. The number of hydrogen-bond acceptors (Lipinski definition) is 3. The molecule has 2 aromatic carbocycles. The highest BCUT2D eigenvalue weighted by molar-refractivity contribution is 7.14. The van der Waals surface area contributed by atoms with Gasteiger partial charge in [-0.1, -0.05) is 47.5 Å². The van der Waals surface area contributed by atoms with Gasteiger partial charge in [0.05, 0.1) is 10.6 Å². The van der Waals surface area contributed by atoms with Gasteiger partial charge in [0.25, 0.3) is 0 Å². The molecular formula is C22H18ClNO3S. The fourth-order valence-electron chi connectivity index (χ4n) is 3.64. The highest BCUT2D eigenvalue weighted by Gasteiger charge is 2.29. The number of rotatable bonds is 4. The van der Waals surface area contributed by atoms with Gasteiger partial charge in [-0.25, -0.2) is 4.79 Å². The van der Waals surface area contributed by atoms with Gasteiger partial charge >= 0.3 is 5.97 Å². The number of nitrogens with one attached hydrogen (secondary N) is 1. The van der Waals surface area contributed by atoms with Crippen LogP contribution >= 0.6 is 22.9 Å². The van der Waals surface area contributed by atoms with Crippen molar-refractivity contribution in [1.82, 2.24) is 0 Å². The van der Waals surface area contributed by atoms with Crippen molar-refractivity contribution >= 4 is 40.5 Å². The first-order valence-corrected chi connectivity index (χ1v) is 10.2. The Balaban J connectivity index is 1.58. The number of benzene rings is 2. The largest absolute Gasteiger partial charge is 0.478 e. The fraction of sp³-hybridized carbons (Fsp3) is 0.182. The van der Waals surface area contributed by atoms with E-state index in [2.05, 4.69) is 23.5 Å². The molecule has 0 bridgehead atoms. The molecule has 0 fully saturated rings. The first-order chi connectivity index (χ1) is 13.4. The van der Waals surface area contributed by atoms with Crippen molar-refractivity contribution in [2.45, 2.75) is 19.8 Å². The minimum absolute atomic E-state index is 0.118. The van der Waals surface area contributed by atoms with E-state index in [1.807, 2.05) is 6.92 Å². The van der Waals surface area contributed by atoms with E-state index in [1.54, 1.807) is 29.6 Å². The van der Waals surface area contributed by atoms with Gasteiger partial charge in [-0.2, -0.15) is 0 Å². The molecule has 0 aliphatic heterocycles. The van der Waals surface area contributed by atoms with Gasteiger partial charge in [0.2, 0.25) is 5.91 Å². The number of fused-ring (bicyclic) bond motifs is 1. The summed E-state index contributed by atoms with van der Waals surface area (Å²) in [5, 5.41) is 14.9. The van der Waals surface area contributed by atoms with Crippen LogP contribution in [0.5, 0.6) is 0 Å². The third kappa shape index (κ3) is 3.55. The zero-order chi connectivity index (χ0) is 19.8. The molecule has 4 rings (SSSR count). The second-order valence-electron chi connectivity index (χ2n) is 7.03. The van der Waals surface area contributed by atoms with Crippen LogP contribution in [0.15, 0.2) is 47.8 Å². The molecule has 1 amide bonds. The van der Waals surface area contributed by atoms with Crippen LogP contribution < -0.4 is 5.32 Å². The lowest BCUT2D eigenvalue weighted by Crippen LogP contribution is -2.23. The van der Waals surface area contributed by atoms with Crippen LogP contribution in [0.25, 0.3) is 10.4 Å². The molecule has 0 saturated carbocycles. The topological polar surface area (TPSA) is 66.4 Å². The van der Waals surface area contributed by atoms with Crippen molar-refractivity contribution in [2.75, 3.05) is 5.32 Å². The lowest BCUT2D eigenvalue weighted by atomic mass is 10.0. The Morgan fingerprint density at radius 1 is 1.11 bits per heavy atom. The summed E-state index contributed by atoms with van der Waals surface area (Å²) in [6.07, 6.45) is 1.36. The number of halogens is 1. The zero-order valence-corrected chi connectivity index (χ0v) is 16.7. The molecule has 28 heavy (non-hydrogen) atoms. The van der Waals surface area contributed by atoms with Crippen molar-refractivity contribution in [1.29, 1.82) is 0 Å². The number of anilines is 1. The Labute approximate surface area is 171 Å². The maximum absolute atomic E-state index is 12.8. The maximum atomic E-state index is 12.8. The van der Waals surface area contributed by atoms with Gasteiger partial charge in [-0.3, -0.25) is 4.79 Å². The molecule has 1 unspecified atom stereocenters. The summed E-state index contributed by atoms with van der Waals surface area (Å²) in [4.78, 5) is 25.3. The van der Waals surface area contributed by atoms with Gasteiger partial charge in [-0.05, 0) is 48.6 Å². The van der Waals surface area contributed by atoms with Gasteiger partial charge in [0.1, 0.15) is 5.56 Å². The van der Waals surface area contributed by atoms with Crippen molar-refractivity contribution in [3.05, 3.63) is 75.1 Å². The quantitative estimate of drug-likeness (QED) is 0.601. The van der Waals surface area contributed by atoms with E-state index in [4.69, 9.17) is 11.6 Å². The number of carbonyl (C=O) groups excluding carboxylic acids is 1. The van der Waals surface area contributed by atoms with E-state index < -0.39 is 5.97 Å². The molecule has 6 heteroatoms. The molecule has 2 N–H and O–H groups in total. The van der Waals surface area contributed by atoms with Crippen molar-refractivity contribution in [2.24, 2.45) is 5.92 Å². The molecule has 1 heterocycles. The summed E-state index contributed by atoms with van der Waals surface area (Å²) >= 11 is 7.22. The molecule has 1 aromatic heterocycles. The number of amides is 1. The van der Waals surface area contributed by atoms with Crippen molar-refractivity contribution in [3.63, 3.8) is 0 Å². The van der Waals surface area contributed by atoms with Crippen LogP contribution in [0, 0.1) is 12.8 Å². The normalized spacial score (nSPS) is 15.3. The molecule has 4 nitrogen and oxygen atoms in total. The van der Waals surface area contributed by atoms with Crippen LogP contribution in [-0.4, -0.2) is 17.0 Å². The number of hydrogen-bond donors (Lipinski definition) is 2. The lowest BCUT2D eigenvalue weighted by Gasteiger charge is -2.11. The third-order valence-corrected chi connectivity index (χ3v) is 6.32. The monoisotopic (exact) mass is 411 g/mol. The Hall–Kier alpha value is -2.63. The van der Waals surface area contributed by atoms with E-state index in [-0.39, 0.29) is 17.4 Å². The summed E-state index contributed by atoms with van der Waals surface area (Å²) in [6, 6.07) is 13.2. The first-order valence-electron chi connectivity index (χ1n) is 8.92. The number of carboxylic acid groups (broad SMARTS) is 1. The van der Waals surface area contributed by atoms with Crippen LogP contribution in [0.1, 0.15) is 27.0 Å². The molecule has 0 radical (unpaired) electrons. The summed E-state index contributed by atoms with van der Waals surface area (Å²) in [6.45, 7) is 2.04. The Bertz CT molecular complexity index is 1070. The van der Waals surface area contributed by atoms with E-state index in [1.165, 1.54) is 28.0 Å². The van der Waals surface area contributed by atoms with Crippen molar-refractivity contribution < 1.29 is 14.7 Å². The van der Waals surface area contributed by atoms with Crippen LogP contribution in [0.3, 0.4) is 0 Å². The number of aryl methyl sites for hydroxylation is 1. The average molecular weight is 412 g/mol. The number of aromatic carboxylic acids is 1. The van der Waals surface area contributed by atoms with E-state index in [0.717, 1.165) is 5.56 Å². The Morgan fingerprint density at radius 3 is 2.54 bits per heavy atom. The molecule has 1 aliphatic carbocycles. The number of thiophene rings is 1. The SMILES string of the molecule is Cc1ccc2c(c1)CC(C(=O)Nc1csc(-c3ccc(Cl)cc3)c1C(=O)O)C2. The molecule has 3 aromatic rings. The second-order valence-corrected chi connectivity index (χ2v) is 8.35. The average Bonchev–Trinajstić information content (AvgIpc) is 3.26. The minimum atomic E-state index is -1.06. The van der Waals surface area contributed by atoms with E-state index >= 15 is 0 Å². The second kappa shape index (κ2) is 7.41. The standard InChI is InChI=1S/C22H18ClNO3S/c1-12-2-3-14-9-16(10-15(14)8-12)21(25)24-18-11-28-20(19(18)22(26)27)13-4-6-17(23)7-5-13/h2-8,11,16H,9-10H2,1H3,(H,24,25)(H,26,27).